The lowest BCUT2D eigenvalue weighted by Gasteiger charge is -2.36. The third kappa shape index (κ3) is 5.28. The van der Waals surface area contributed by atoms with Crippen LogP contribution in [0.15, 0.2) is 41.4 Å². The van der Waals surface area contributed by atoms with Crippen molar-refractivity contribution in [3.63, 3.8) is 0 Å². The molecule has 8 heteroatoms. The molecular weight excluding hydrogens is 454 g/mol. The van der Waals surface area contributed by atoms with Crippen molar-refractivity contribution < 1.29 is 13.2 Å². The van der Waals surface area contributed by atoms with Gasteiger partial charge >= 0.3 is 0 Å². The minimum absolute atomic E-state index is 0.146. The summed E-state index contributed by atoms with van der Waals surface area (Å²) in [5, 5.41) is 0. The number of aryl methyl sites for hydroxylation is 3. The molecule has 0 unspecified atom stereocenters. The second-order valence-corrected chi connectivity index (χ2v) is 12.2. The normalized spacial score (nSPS) is 20.2. The standard InChI is InChI=1S/C25H33N3O3S2/c1-18-14-19(2)24(20(3)15-18)33(30,31)27-11-7-21(8-12-27)25(29)28(23-9-13-32-17-23)16-22-6-4-5-10-26-22/h4-6,10,14-15,21,23H,7-9,11-13,16-17H2,1-3H3/t23-/m0/s1. The Bertz CT molecular complexity index is 1070. The lowest BCUT2D eigenvalue weighted by molar-refractivity contribution is -0.139. The fourth-order valence-corrected chi connectivity index (χ4v) is 8.21. The van der Waals surface area contributed by atoms with Crippen molar-refractivity contribution in [3.8, 4) is 0 Å². The van der Waals surface area contributed by atoms with Gasteiger partial charge in [0.2, 0.25) is 15.9 Å². The van der Waals surface area contributed by atoms with Gasteiger partial charge in [0.25, 0.3) is 0 Å². The van der Waals surface area contributed by atoms with E-state index < -0.39 is 10.0 Å². The fraction of sp³-hybridized carbons (Fsp3) is 0.520. The summed E-state index contributed by atoms with van der Waals surface area (Å²) < 4.78 is 28.4. The predicted molar refractivity (Wildman–Crippen MR) is 133 cm³/mol. The summed E-state index contributed by atoms with van der Waals surface area (Å²) in [5.41, 5.74) is 3.52. The number of carbonyl (C=O) groups excluding carboxylic acids is 1. The van der Waals surface area contributed by atoms with Gasteiger partial charge in [0.05, 0.1) is 17.1 Å². The molecule has 0 N–H and O–H groups in total. The molecule has 1 aromatic carbocycles. The first-order valence-corrected chi connectivity index (χ1v) is 14.2. The van der Waals surface area contributed by atoms with Gasteiger partial charge in [-0.2, -0.15) is 16.1 Å². The highest BCUT2D eigenvalue weighted by Crippen LogP contribution is 2.31. The second-order valence-electron chi connectivity index (χ2n) is 9.21. The zero-order valence-electron chi connectivity index (χ0n) is 19.7. The number of rotatable bonds is 6. The Balaban J connectivity index is 1.47. The summed E-state index contributed by atoms with van der Waals surface area (Å²) in [6.45, 7) is 6.97. The molecule has 0 saturated carbocycles. The Morgan fingerprint density at radius 3 is 2.39 bits per heavy atom. The summed E-state index contributed by atoms with van der Waals surface area (Å²) in [6.07, 6.45) is 3.88. The van der Waals surface area contributed by atoms with E-state index in [1.165, 1.54) is 0 Å². The Kier molecular flexibility index (Phi) is 7.46. The molecule has 6 nitrogen and oxygen atoms in total. The number of hydrogen-bond donors (Lipinski definition) is 0. The molecule has 4 rings (SSSR count). The van der Waals surface area contributed by atoms with E-state index in [4.69, 9.17) is 0 Å². The van der Waals surface area contributed by atoms with Crippen LogP contribution >= 0.6 is 11.8 Å². The van der Waals surface area contributed by atoms with Crippen LogP contribution in [0.4, 0.5) is 0 Å². The van der Waals surface area contributed by atoms with Crippen LogP contribution in [0.5, 0.6) is 0 Å². The SMILES string of the molecule is Cc1cc(C)c(S(=O)(=O)N2CCC(C(=O)N(Cc3ccccn3)[C@H]3CCSC3)CC2)c(C)c1. The van der Waals surface area contributed by atoms with Crippen molar-refractivity contribution in [1.29, 1.82) is 0 Å². The number of thioether (sulfide) groups is 1. The van der Waals surface area contributed by atoms with Crippen LogP contribution in [0.25, 0.3) is 0 Å². The highest BCUT2D eigenvalue weighted by molar-refractivity contribution is 7.99. The number of piperidine rings is 1. The number of pyridine rings is 1. The minimum Gasteiger partial charge on any atom is -0.333 e. The highest BCUT2D eigenvalue weighted by Gasteiger charge is 2.37. The highest BCUT2D eigenvalue weighted by atomic mass is 32.2. The predicted octanol–water partition coefficient (Wildman–Crippen LogP) is 3.94. The van der Waals surface area contributed by atoms with E-state index in [1.807, 2.05) is 67.8 Å². The lowest BCUT2D eigenvalue weighted by Crippen LogP contribution is -2.47. The van der Waals surface area contributed by atoms with Crippen molar-refractivity contribution in [2.24, 2.45) is 5.92 Å². The Labute approximate surface area is 201 Å². The molecule has 3 heterocycles. The van der Waals surface area contributed by atoms with Gasteiger partial charge in [0, 0.05) is 37.0 Å². The molecule has 1 atom stereocenters. The summed E-state index contributed by atoms with van der Waals surface area (Å²) >= 11 is 1.89. The topological polar surface area (TPSA) is 70.6 Å². The zero-order chi connectivity index (χ0) is 23.6. The number of nitrogens with zero attached hydrogens (tertiary/aromatic N) is 3. The number of hydrogen-bond acceptors (Lipinski definition) is 5. The van der Waals surface area contributed by atoms with Gasteiger partial charge in [-0.3, -0.25) is 9.78 Å². The first kappa shape index (κ1) is 24.2. The van der Waals surface area contributed by atoms with Crippen LogP contribution in [-0.4, -0.2) is 59.2 Å². The van der Waals surface area contributed by atoms with E-state index in [2.05, 4.69) is 4.98 Å². The molecule has 0 spiro atoms. The van der Waals surface area contributed by atoms with Crippen molar-refractivity contribution in [3.05, 3.63) is 58.9 Å². The Morgan fingerprint density at radius 2 is 1.82 bits per heavy atom. The Morgan fingerprint density at radius 1 is 1.12 bits per heavy atom. The van der Waals surface area contributed by atoms with Crippen molar-refractivity contribution in [1.82, 2.24) is 14.2 Å². The van der Waals surface area contributed by atoms with Gasteiger partial charge in [-0.25, -0.2) is 8.42 Å². The van der Waals surface area contributed by atoms with Crippen LogP contribution < -0.4 is 0 Å². The van der Waals surface area contributed by atoms with Gasteiger partial charge in [0.15, 0.2) is 0 Å². The molecular formula is C25H33N3O3S2. The number of amides is 1. The third-order valence-corrected chi connectivity index (χ3v) is 10.0. The van der Waals surface area contributed by atoms with Gasteiger partial charge in [-0.05, 0) is 69.0 Å². The van der Waals surface area contributed by atoms with E-state index in [1.54, 1.807) is 10.5 Å². The van der Waals surface area contributed by atoms with Gasteiger partial charge in [-0.1, -0.05) is 23.8 Å². The molecule has 0 bridgehead atoms. The number of carbonyl (C=O) groups is 1. The van der Waals surface area contributed by atoms with Gasteiger partial charge in [-0.15, -0.1) is 0 Å². The molecule has 2 saturated heterocycles. The minimum atomic E-state index is -3.58. The number of sulfonamides is 1. The molecule has 0 radical (unpaired) electrons. The molecule has 33 heavy (non-hydrogen) atoms. The summed E-state index contributed by atoms with van der Waals surface area (Å²) in [4.78, 5) is 20.4. The quantitative estimate of drug-likeness (QED) is 0.617. The third-order valence-electron chi connectivity index (χ3n) is 6.69. The van der Waals surface area contributed by atoms with Crippen LogP contribution in [-0.2, 0) is 21.4 Å². The number of aromatic nitrogens is 1. The summed E-state index contributed by atoms with van der Waals surface area (Å²) in [5.74, 6) is 2.03. The van der Waals surface area contributed by atoms with E-state index in [0.29, 0.717) is 37.4 Å². The van der Waals surface area contributed by atoms with Gasteiger partial charge in [0.1, 0.15) is 0 Å². The molecule has 178 valence electrons. The smallest absolute Gasteiger partial charge is 0.243 e. The molecule has 1 amide bonds. The van der Waals surface area contributed by atoms with E-state index in [9.17, 15) is 13.2 Å². The molecule has 2 aliphatic heterocycles. The van der Waals surface area contributed by atoms with Crippen molar-refractivity contribution >= 4 is 27.7 Å². The maximum atomic E-state index is 13.6. The number of benzene rings is 1. The van der Waals surface area contributed by atoms with Crippen LogP contribution in [0.1, 0.15) is 41.6 Å². The average molecular weight is 488 g/mol. The molecule has 2 aliphatic rings. The van der Waals surface area contributed by atoms with Gasteiger partial charge < -0.3 is 4.90 Å². The van der Waals surface area contributed by atoms with E-state index in [0.717, 1.165) is 40.3 Å². The molecule has 1 aromatic heterocycles. The molecule has 2 aromatic rings. The average Bonchev–Trinajstić information content (AvgIpc) is 3.31. The summed E-state index contributed by atoms with van der Waals surface area (Å²) in [7, 11) is -3.58. The van der Waals surface area contributed by atoms with Crippen molar-refractivity contribution in [2.75, 3.05) is 24.6 Å². The molecule has 0 aliphatic carbocycles. The Hall–Kier alpha value is -1.90. The van der Waals surface area contributed by atoms with Crippen LogP contribution in [0, 0.1) is 26.7 Å². The maximum Gasteiger partial charge on any atom is 0.243 e. The second kappa shape index (κ2) is 10.2. The zero-order valence-corrected chi connectivity index (χ0v) is 21.3. The van der Waals surface area contributed by atoms with Crippen LogP contribution in [0.3, 0.4) is 0 Å². The van der Waals surface area contributed by atoms with E-state index in [-0.39, 0.29) is 17.9 Å². The monoisotopic (exact) mass is 487 g/mol. The fourth-order valence-electron chi connectivity index (χ4n) is 5.10. The van der Waals surface area contributed by atoms with Crippen LogP contribution in [0.2, 0.25) is 0 Å². The first-order valence-electron chi connectivity index (χ1n) is 11.6. The van der Waals surface area contributed by atoms with E-state index >= 15 is 0 Å². The summed E-state index contributed by atoms with van der Waals surface area (Å²) in [6, 6.07) is 9.87. The lowest BCUT2D eigenvalue weighted by atomic mass is 9.95. The maximum absolute atomic E-state index is 13.6. The van der Waals surface area contributed by atoms with Crippen molar-refractivity contribution in [2.45, 2.75) is 57.5 Å². The molecule has 2 fully saturated rings. The first-order chi connectivity index (χ1) is 15.8. The largest absolute Gasteiger partial charge is 0.333 e.